The van der Waals surface area contributed by atoms with Crippen LogP contribution in [0.4, 0.5) is 0 Å². The van der Waals surface area contributed by atoms with Gasteiger partial charge < -0.3 is 9.94 Å². The summed E-state index contributed by atoms with van der Waals surface area (Å²) in [6.45, 7) is 6.12. The monoisotopic (exact) mass is 206 g/mol. The Bertz CT molecular complexity index is 189. The van der Waals surface area contributed by atoms with Gasteiger partial charge in [-0.3, -0.25) is 0 Å². The summed E-state index contributed by atoms with van der Waals surface area (Å²) in [5, 5.41) is 22.8. The number of hydrazine groups is 1. The van der Waals surface area contributed by atoms with Crippen molar-refractivity contribution in [1.29, 1.82) is 0 Å². The van der Waals surface area contributed by atoms with Crippen LogP contribution in [0.2, 0.25) is 0 Å². The molecular formula is C8H20N3O3+. The minimum absolute atomic E-state index is 0.0516. The van der Waals surface area contributed by atoms with Crippen LogP contribution >= 0.6 is 0 Å². The summed E-state index contributed by atoms with van der Waals surface area (Å²) in [5.74, 6) is 0. The van der Waals surface area contributed by atoms with E-state index in [2.05, 4.69) is 5.28 Å². The molecule has 84 valence electrons. The maximum Gasteiger partial charge on any atom is 0.274 e. The van der Waals surface area contributed by atoms with Gasteiger partial charge in [0.25, 0.3) is 10.2 Å². The molecule has 6 heteroatoms. The van der Waals surface area contributed by atoms with Crippen LogP contribution in [0.3, 0.4) is 0 Å². The molecule has 0 fully saturated rings. The second-order valence-electron chi connectivity index (χ2n) is 3.95. The van der Waals surface area contributed by atoms with Crippen molar-refractivity contribution in [2.45, 2.75) is 32.7 Å². The average Bonchev–Trinajstić information content (AvgIpc) is 2.09. The van der Waals surface area contributed by atoms with E-state index >= 15 is 0 Å². The van der Waals surface area contributed by atoms with Crippen LogP contribution < -0.4 is 0 Å². The highest BCUT2D eigenvalue weighted by atomic mass is 16.7. The smallest absolute Gasteiger partial charge is 0.274 e. The lowest BCUT2D eigenvalue weighted by Gasteiger charge is -2.21. The molecular weight excluding hydrogens is 186 g/mol. The fraction of sp³-hybridized carbons (Fsp3) is 1.00. The van der Waals surface area contributed by atoms with E-state index in [4.69, 9.17) is 9.94 Å². The Morgan fingerprint density at radius 2 is 2.00 bits per heavy atom. The lowest BCUT2D eigenvalue weighted by atomic mass is 10.1. The molecule has 2 N–H and O–H groups in total. The number of aliphatic hydroxyl groups is 1. The van der Waals surface area contributed by atoms with Gasteiger partial charge in [0.05, 0.1) is 12.6 Å². The van der Waals surface area contributed by atoms with Crippen LogP contribution in [0.5, 0.6) is 0 Å². The van der Waals surface area contributed by atoms with Crippen LogP contribution in [-0.2, 0) is 4.84 Å². The lowest BCUT2D eigenvalue weighted by molar-refractivity contribution is -0.946. The van der Waals surface area contributed by atoms with Crippen LogP contribution in [0.15, 0.2) is 5.28 Å². The van der Waals surface area contributed by atoms with Gasteiger partial charge in [-0.05, 0) is 20.8 Å². The number of hydrogen-bond acceptors (Lipinski definition) is 3. The Morgan fingerprint density at radius 1 is 1.43 bits per heavy atom. The predicted molar refractivity (Wildman–Crippen MR) is 49.6 cm³/mol. The normalized spacial score (nSPS) is 12.8. The number of rotatable bonds is 5. The van der Waals surface area contributed by atoms with Crippen molar-refractivity contribution in [3.63, 3.8) is 0 Å². The summed E-state index contributed by atoms with van der Waals surface area (Å²) >= 11 is 0. The van der Waals surface area contributed by atoms with Gasteiger partial charge in [-0.25, -0.2) is 5.21 Å². The third-order valence-corrected chi connectivity index (χ3v) is 1.76. The Hall–Kier alpha value is -1.04. The Kier molecular flexibility index (Phi) is 5.22. The topological polar surface area (TPSA) is 68.3 Å². The molecule has 0 radical (unpaired) electrons. The Morgan fingerprint density at radius 3 is 2.43 bits per heavy atom. The van der Waals surface area contributed by atoms with Crippen molar-refractivity contribution >= 4 is 0 Å². The average molecular weight is 206 g/mol. The van der Waals surface area contributed by atoms with E-state index in [1.807, 2.05) is 20.8 Å². The molecule has 0 rings (SSSR count). The summed E-state index contributed by atoms with van der Waals surface area (Å²) in [6.07, 6.45) is 0.497. The second-order valence-corrected chi connectivity index (χ2v) is 3.95. The molecule has 0 aliphatic heterocycles. The maximum absolute atomic E-state index is 9.36. The first-order chi connectivity index (χ1) is 6.39. The summed E-state index contributed by atoms with van der Waals surface area (Å²) in [4.78, 5) is 5.40. The van der Waals surface area contributed by atoms with Gasteiger partial charge in [-0.2, -0.15) is 0 Å². The summed E-state index contributed by atoms with van der Waals surface area (Å²) in [5.41, 5.74) is -0.238. The van der Waals surface area contributed by atoms with E-state index in [1.165, 1.54) is 5.01 Å². The van der Waals surface area contributed by atoms with Gasteiger partial charge in [0.15, 0.2) is 0 Å². The highest BCUT2D eigenvalue weighted by molar-refractivity contribution is 4.64. The molecule has 0 bridgehead atoms. The lowest BCUT2D eigenvalue weighted by Crippen LogP contribution is -2.43. The van der Waals surface area contributed by atoms with Gasteiger partial charge >= 0.3 is 0 Å². The van der Waals surface area contributed by atoms with E-state index in [0.717, 1.165) is 0 Å². The quantitative estimate of drug-likeness (QED) is 0.302. The minimum Gasteiger partial charge on any atom is -0.396 e. The van der Waals surface area contributed by atoms with Crippen LogP contribution in [-0.4, -0.2) is 46.1 Å². The molecule has 0 aromatic carbocycles. The van der Waals surface area contributed by atoms with E-state index in [-0.39, 0.29) is 18.8 Å². The van der Waals surface area contributed by atoms with Crippen molar-refractivity contribution in [1.82, 2.24) is 5.01 Å². The fourth-order valence-electron chi connectivity index (χ4n) is 0.545. The third-order valence-electron chi connectivity index (χ3n) is 1.76. The first kappa shape index (κ1) is 13.0. The zero-order valence-corrected chi connectivity index (χ0v) is 9.27. The van der Waals surface area contributed by atoms with Crippen molar-refractivity contribution < 1.29 is 20.1 Å². The van der Waals surface area contributed by atoms with E-state index < -0.39 is 0 Å². The Balaban J connectivity index is 3.98. The van der Waals surface area contributed by atoms with Crippen molar-refractivity contribution in [3.05, 3.63) is 0 Å². The molecule has 0 aromatic heterocycles. The van der Waals surface area contributed by atoms with E-state index in [1.54, 1.807) is 7.05 Å². The number of hydrogen-bond donors (Lipinski definition) is 2. The van der Waals surface area contributed by atoms with Gasteiger partial charge in [0, 0.05) is 13.0 Å². The maximum atomic E-state index is 9.36. The van der Waals surface area contributed by atoms with Gasteiger partial charge in [-0.15, -0.1) is 5.01 Å². The van der Waals surface area contributed by atoms with Crippen LogP contribution in [0, 0.1) is 0 Å². The van der Waals surface area contributed by atoms with Crippen LogP contribution in [0.1, 0.15) is 27.2 Å². The molecule has 0 heterocycles. The zero-order chi connectivity index (χ0) is 11.2. The number of aliphatic hydroxyl groups excluding tert-OH is 1. The molecule has 6 nitrogen and oxygen atoms in total. The van der Waals surface area contributed by atoms with E-state index in [9.17, 15) is 5.21 Å². The molecule has 0 atom stereocenters. The molecule has 0 spiro atoms. The van der Waals surface area contributed by atoms with Gasteiger partial charge in [-0.1, -0.05) is 0 Å². The summed E-state index contributed by atoms with van der Waals surface area (Å²) in [7, 11) is 1.69. The van der Waals surface area contributed by atoms with Crippen molar-refractivity contribution in [3.8, 4) is 0 Å². The van der Waals surface area contributed by atoms with Crippen molar-refractivity contribution in [2.75, 3.05) is 20.3 Å². The molecule has 0 unspecified atom stereocenters. The third kappa shape index (κ3) is 4.86. The largest absolute Gasteiger partial charge is 0.396 e. The molecule has 0 aromatic rings. The first-order valence-electron chi connectivity index (χ1n) is 4.56. The Labute approximate surface area is 84.3 Å². The first-order valence-corrected chi connectivity index (χ1v) is 4.56. The fourth-order valence-corrected chi connectivity index (χ4v) is 0.545. The molecule has 0 saturated heterocycles. The van der Waals surface area contributed by atoms with Crippen molar-refractivity contribution in [2.24, 2.45) is 5.28 Å². The SMILES string of the molecule is CN(/[N+](O)=N/OCCCO)C(C)(C)C. The van der Waals surface area contributed by atoms with E-state index in [0.29, 0.717) is 11.4 Å². The summed E-state index contributed by atoms with van der Waals surface area (Å²) in [6, 6.07) is 0. The van der Waals surface area contributed by atoms with Crippen LogP contribution in [0.25, 0.3) is 0 Å². The second kappa shape index (κ2) is 5.64. The molecule has 0 aliphatic rings. The van der Waals surface area contributed by atoms with Gasteiger partial charge in [0.1, 0.15) is 6.61 Å². The highest BCUT2D eigenvalue weighted by Crippen LogP contribution is 2.09. The molecule has 14 heavy (non-hydrogen) atoms. The molecule has 0 aliphatic carbocycles. The number of nitrogens with zero attached hydrogens (tertiary/aromatic N) is 3. The zero-order valence-electron chi connectivity index (χ0n) is 9.27. The highest BCUT2D eigenvalue weighted by Gasteiger charge is 2.28. The summed E-state index contributed by atoms with van der Waals surface area (Å²) < 4.78 is 0. The standard InChI is InChI=1S/C8H20N3O3/c1-8(2,3)10(4)11(13)9-14-7-5-6-12/h12H,5-7H2,1-4H3,(H,9,13)/q+1. The predicted octanol–water partition coefficient (Wildman–Crippen LogP) is 0.800. The molecule has 0 saturated carbocycles. The minimum atomic E-state index is -0.238. The molecule has 0 amide bonds. The van der Waals surface area contributed by atoms with Gasteiger partial charge in [0.2, 0.25) is 0 Å².